The monoisotopic (exact) mass is 259 g/mol. The molecule has 4 heteroatoms. The van der Waals surface area contributed by atoms with E-state index < -0.39 is 0 Å². The molecule has 1 saturated heterocycles. The summed E-state index contributed by atoms with van der Waals surface area (Å²) in [7, 11) is 0. The molecular formula is C15H21N3O. The molecule has 1 aliphatic heterocycles. The van der Waals surface area contributed by atoms with Crippen molar-refractivity contribution in [2.75, 3.05) is 11.9 Å². The number of rotatable bonds is 4. The summed E-state index contributed by atoms with van der Waals surface area (Å²) >= 11 is 0. The Hall–Kier alpha value is -1.60. The van der Waals surface area contributed by atoms with E-state index in [4.69, 9.17) is 10.00 Å². The van der Waals surface area contributed by atoms with Crippen LogP contribution < -0.4 is 5.32 Å². The quantitative estimate of drug-likeness (QED) is 0.902. The average molecular weight is 259 g/mol. The molecule has 1 N–H and O–H groups in total. The number of aromatic nitrogens is 1. The highest BCUT2D eigenvalue weighted by atomic mass is 16.5. The van der Waals surface area contributed by atoms with Gasteiger partial charge in [-0.2, -0.15) is 5.26 Å². The SMILES string of the molecule is CCC1(CC)CC(Nc2ccc(C#N)cn2)CCO1. The molecule has 1 aromatic heterocycles. The maximum absolute atomic E-state index is 8.76. The van der Waals surface area contributed by atoms with Gasteiger partial charge in [0.15, 0.2) is 0 Å². The minimum atomic E-state index is 0.0164. The normalized spacial score (nSPS) is 21.6. The van der Waals surface area contributed by atoms with Crippen LogP contribution in [0.15, 0.2) is 18.3 Å². The lowest BCUT2D eigenvalue weighted by molar-refractivity contribution is -0.0864. The Morgan fingerprint density at radius 3 is 2.84 bits per heavy atom. The Labute approximate surface area is 114 Å². The highest BCUT2D eigenvalue weighted by molar-refractivity contribution is 5.39. The predicted octanol–water partition coefficient (Wildman–Crippen LogP) is 3.10. The summed E-state index contributed by atoms with van der Waals surface area (Å²) in [6.45, 7) is 5.17. The summed E-state index contributed by atoms with van der Waals surface area (Å²) in [6, 6.07) is 6.14. The smallest absolute Gasteiger partial charge is 0.126 e. The fourth-order valence-electron chi connectivity index (χ4n) is 2.65. The minimum Gasteiger partial charge on any atom is -0.375 e. The molecule has 0 bridgehead atoms. The van der Waals surface area contributed by atoms with Crippen molar-refractivity contribution in [3.05, 3.63) is 23.9 Å². The lowest BCUT2D eigenvalue weighted by Gasteiger charge is -2.40. The van der Waals surface area contributed by atoms with Crippen molar-refractivity contribution in [3.8, 4) is 6.07 Å². The van der Waals surface area contributed by atoms with Crippen molar-refractivity contribution >= 4 is 5.82 Å². The van der Waals surface area contributed by atoms with Crippen molar-refractivity contribution < 1.29 is 4.74 Å². The van der Waals surface area contributed by atoms with Gasteiger partial charge in [0.2, 0.25) is 0 Å². The van der Waals surface area contributed by atoms with Gasteiger partial charge in [0, 0.05) is 18.8 Å². The number of nitrogens with one attached hydrogen (secondary N) is 1. The third-order valence-corrected chi connectivity index (χ3v) is 4.03. The zero-order valence-electron chi connectivity index (χ0n) is 11.6. The van der Waals surface area contributed by atoms with Gasteiger partial charge in [-0.05, 0) is 37.8 Å². The molecule has 1 fully saturated rings. The van der Waals surface area contributed by atoms with Gasteiger partial charge in [0.05, 0.1) is 11.2 Å². The van der Waals surface area contributed by atoms with Crippen LogP contribution >= 0.6 is 0 Å². The van der Waals surface area contributed by atoms with Crippen molar-refractivity contribution in [1.82, 2.24) is 4.98 Å². The van der Waals surface area contributed by atoms with E-state index in [2.05, 4.69) is 30.2 Å². The van der Waals surface area contributed by atoms with E-state index >= 15 is 0 Å². The van der Waals surface area contributed by atoms with Gasteiger partial charge in [-0.15, -0.1) is 0 Å². The first-order valence-electron chi connectivity index (χ1n) is 6.98. The van der Waals surface area contributed by atoms with Crippen LogP contribution in [-0.2, 0) is 4.74 Å². The molecule has 0 aliphatic carbocycles. The zero-order valence-corrected chi connectivity index (χ0v) is 11.6. The first-order valence-corrected chi connectivity index (χ1v) is 6.98. The molecule has 0 radical (unpaired) electrons. The minimum absolute atomic E-state index is 0.0164. The first kappa shape index (κ1) is 13.8. The molecule has 19 heavy (non-hydrogen) atoms. The third-order valence-electron chi connectivity index (χ3n) is 4.03. The second kappa shape index (κ2) is 6.03. The molecule has 0 aromatic carbocycles. The summed E-state index contributed by atoms with van der Waals surface area (Å²) < 4.78 is 5.96. The number of pyridine rings is 1. The van der Waals surface area contributed by atoms with Gasteiger partial charge in [-0.3, -0.25) is 0 Å². The molecule has 102 valence electrons. The Morgan fingerprint density at radius 2 is 2.26 bits per heavy atom. The maximum atomic E-state index is 8.76. The summed E-state index contributed by atoms with van der Waals surface area (Å²) in [5.41, 5.74) is 0.608. The van der Waals surface area contributed by atoms with E-state index in [1.54, 1.807) is 12.3 Å². The molecule has 2 heterocycles. The van der Waals surface area contributed by atoms with E-state index in [0.717, 1.165) is 38.1 Å². The number of ether oxygens (including phenoxy) is 1. The number of nitriles is 1. The van der Waals surface area contributed by atoms with Crippen molar-refractivity contribution in [3.63, 3.8) is 0 Å². The molecule has 0 saturated carbocycles. The van der Waals surface area contributed by atoms with Gasteiger partial charge in [-0.25, -0.2) is 4.98 Å². The summed E-state index contributed by atoms with van der Waals surface area (Å²) in [5, 5.41) is 12.2. The highest BCUT2D eigenvalue weighted by Crippen LogP contribution is 2.32. The molecule has 1 aliphatic rings. The van der Waals surface area contributed by atoms with Gasteiger partial charge in [0.1, 0.15) is 11.9 Å². The second-order valence-electron chi connectivity index (χ2n) is 5.12. The van der Waals surface area contributed by atoms with Crippen LogP contribution in [0, 0.1) is 11.3 Å². The van der Waals surface area contributed by atoms with Crippen LogP contribution in [0.1, 0.15) is 45.1 Å². The lowest BCUT2D eigenvalue weighted by atomic mass is 9.86. The molecule has 1 atom stereocenters. The van der Waals surface area contributed by atoms with Crippen molar-refractivity contribution in [2.24, 2.45) is 0 Å². The fraction of sp³-hybridized carbons (Fsp3) is 0.600. The van der Waals surface area contributed by atoms with Crippen molar-refractivity contribution in [2.45, 2.75) is 51.2 Å². The Kier molecular flexibility index (Phi) is 4.39. The summed E-state index contributed by atoms with van der Waals surface area (Å²) in [5.74, 6) is 0.840. The first-order chi connectivity index (χ1) is 9.21. The van der Waals surface area contributed by atoms with Crippen LogP contribution in [0.5, 0.6) is 0 Å². The highest BCUT2D eigenvalue weighted by Gasteiger charge is 2.34. The molecule has 0 amide bonds. The Morgan fingerprint density at radius 1 is 1.47 bits per heavy atom. The zero-order chi connectivity index (χ0) is 13.7. The Bertz CT molecular complexity index is 445. The van der Waals surface area contributed by atoms with Crippen LogP contribution in [0.3, 0.4) is 0 Å². The lowest BCUT2D eigenvalue weighted by Crippen LogP contribution is -2.43. The van der Waals surface area contributed by atoms with Gasteiger partial charge in [0.25, 0.3) is 0 Å². The van der Waals surface area contributed by atoms with Crippen LogP contribution in [-0.4, -0.2) is 23.2 Å². The van der Waals surface area contributed by atoms with Gasteiger partial charge in [-0.1, -0.05) is 13.8 Å². The van der Waals surface area contributed by atoms with Gasteiger partial charge >= 0.3 is 0 Å². The number of hydrogen-bond acceptors (Lipinski definition) is 4. The molecule has 1 unspecified atom stereocenters. The van der Waals surface area contributed by atoms with Gasteiger partial charge < -0.3 is 10.1 Å². The van der Waals surface area contributed by atoms with E-state index in [1.807, 2.05) is 6.07 Å². The standard InChI is InChI=1S/C15H21N3O/c1-3-15(4-2)9-13(7-8-19-15)18-14-6-5-12(10-16)11-17-14/h5-6,11,13H,3-4,7-9H2,1-2H3,(H,17,18). The fourth-order valence-corrected chi connectivity index (χ4v) is 2.65. The van der Waals surface area contributed by atoms with E-state index in [1.165, 1.54) is 0 Å². The molecule has 2 rings (SSSR count). The maximum Gasteiger partial charge on any atom is 0.126 e. The average Bonchev–Trinajstić information content (AvgIpc) is 2.48. The molecule has 1 aromatic rings. The molecule has 0 spiro atoms. The topological polar surface area (TPSA) is 57.9 Å². The number of hydrogen-bond donors (Lipinski definition) is 1. The van der Waals surface area contributed by atoms with Crippen LogP contribution in [0.4, 0.5) is 5.82 Å². The van der Waals surface area contributed by atoms with E-state index in [0.29, 0.717) is 11.6 Å². The Balaban J connectivity index is 2.00. The number of anilines is 1. The number of nitrogens with zero attached hydrogens (tertiary/aromatic N) is 2. The summed E-state index contributed by atoms with van der Waals surface area (Å²) in [4.78, 5) is 4.27. The molecule has 4 nitrogen and oxygen atoms in total. The largest absolute Gasteiger partial charge is 0.375 e. The summed E-state index contributed by atoms with van der Waals surface area (Å²) in [6.07, 6.45) is 5.71. The van der Waals surface area contributed by atoms with Crippen molar-refractivity contribution in [1.29, 1.82) is 5.26 Å². The molecular weight excluding hydrogens is 238 g/mol. The van der Waals surface area contributed by atoms with E-state index in [-0.39, 0.29) is 5.60 Å². The second-order valence-corrected chi connectivity index (χ2v) is 5.12. The predicted molar refractivity (Wildman–Crippen MR) is 74.9 cm³/mol. The van der Waals surface area contributed by atoms with Crippen LogP contribution in [0.2, 0.25) is 0 Å². The van der Waals surface area contributed by atoms with E-state index in [9.17, 15) is 0 Å². The van der Waals surface area contributed by atoms with Crippen LogP contribution in [0.25, 0.3) is 0 Å². The third kappa shape index (κ3) is 3.24.